The molecule has 2 N–H and O–H groups in total. The van der Waals surface area contributed by atoms with Crippen LogP contribution in [0, 0.1) is 5.82 Å². The summed E-state index contributed by atoms with van der Waals surface area (Å²) in [6.45, 7) is -0.441. The fourth-order valence-electron chi connectivity index (χ4n) is 2.41. The molecule has 0 saturated heterocycles. The molecule has 0 fully saturated rings. The second-order valence-corrected chi connectivity index (χ2v) is 9.03. The molecule has 0 atom stereocenters. The summed E-state index contributed by atoms with van der Waals surface area (Å²) < 4.78 is 47.0. The Morgan fingerprint density at radius 2 is 1.80 bits per heavy atom. The van der Waals surface area contributed by atoms with Gasteiger partial charge in [-0.05, 0) is 48.5 Å². The Labute approximate surface area is 186 Å². The van der Waals surface area contributed by atoms with Crippen molar-refractivity contribution in [3.8, 4) is 5.75 Å². The van der Waals surface area contributed by atoms with Crippen molar-refractivity contribution in [2.24, 2.45) is 0 Å². The molecule has 156 valence electrons. The molecule has 0 aliphatic heterocycles. The molecule has 0 saturated carbocycles. The van der Waals surface area contributed by atoms with Gasteiger partial charge < -0.3 is 10.1 Å². The summed E-state index contributed by atoms with van der Waals surface area (Å²) >= 11 is 9.24. The van der Waals surface area contributed by atoms with Crippen molar-refractivity contribution < 1.29 is 22.3 Å². The van der Waals surface area contributed by atoms with E-state index in [1.54, 1.807) is 36.4 Å². The molecule has 6 nitrogen and oxygen atoms in total. The van der Waals surface area contributed by atoms with E-state index in [1.165, 1.54) is 30.3 Å². The van der Waals surface area contributed by atoms with Crippen LogP contribution in [0.1, 0.15) is 0 Å². The molecule has 0 unspecified atom stereocenters. The summed E-state index contributed by atoms with van der Waals surface area (Å²) in [7, 11) is -3.85. The van der Waals surface area contributed by atoms with Crippen LogP contribution in [-0.4, -0.2) is 20.9 Å². The number of hydrogen-bond donors (Lipinski definition) is 2. The summed E-state index contributed by atoms with van der Waals surface area (Å²) in [4.78, 5) is 11.9. The van der Waals surface area contributed by atoms with Crippen molar-refractivity contribution in [2.75, 3.05) is 16.6 Å². The van der Waals surface area contributed by atoms with E-state index in [1.807, 2.05) is 0 Å². The lowest BCUT2D eigenvalue weighted by atomic mass is 10.3. The van der Waals surface area contributed by atoms with Crippen LogP contribution in [-0.2, 0) is 14.8 Å². The van der Waals surface area contributed by atoms with Gasteiger partial charge in [-0.2, -0.15) is 0 Å². The van der Waals surface area contributed by atoms with Crippen LogP contribution >= 0.6 is 27.5 Å². The van der Waals surface area contributed by atoms with Gasteiger partial charge in [0.15, 0.2) is 6.61 Å². The SMILES string of the molecule is O=C(COc1ccc(S(=O)(=O)Nc2ccccc2)cc1Cl)Nc1ccc(Br)cc1F. The van der Waals surface area contributed by atoms with Gasteiger partial charge in [0.1, 0.15) is 11.6 Å². The van der Waals surface area contributed by atoms with Gasteiger partial charge in [-0.15, -0.1) is 0 Å². The minimum atomic E-state index is -3.85. The number of ether oxygens (including phenoxy) is 1. The maximum atomic E-state index is 13.8. The lowest BCUT2D eigenvalue weighted by Crippen LogP contribution is -2.21. The Morgan fingerprint density at radius 1 is 1.07 bits per heavy atom. The molecule has 1 amide bonds. The van der Waals surface area contributed by atoms with E-state index < -0.39 is 28.4 Å². The van der Waals surface area contributed by atoms with Gasteiger partial charge in [-0.3, -0.25) is 9.52 Å². The van der Waals surface area contributed by atoms with Crippen molar-refractivity contribution in [3.05, 3.63) is 82.0 Å². The summed E-state index contributed by atoms with van der Waals surface area (Å²) in [5.41, 5.74) is 0.414. The van der Waals surface area contributed by atoms with E-state index >= 15 is 0 Å². The van der Waals surface area contributed by atoms with Gasteiger partial charge in [0.2, 0.25) is 0 Å². The van der Waals surface area contributed by atoms with Crippen LogP contribution in [0.25, 0.3) is 0 Å². The molecule has 3 rings (SSSR count). The van der Waals surface area contributed by atoms with Crippen LogP contribution in [0.4, 0.5) is 15.8 Å². The zero-order valence-electron chi connectivity index (χ0n) is 15.2. The first-order valence-electron chi connectivity index (χ1n) is 8.50. The van der Waals surface area contributed by atoms with Crippen molar-refractivity contribution in [3.63, 3.8) is 0 Å². The molecule has 3 aromatic carbocycles. The van der Waals surface area contributed by atoms with Gasteiger partial charge in [-0.1, -0.05) is 45.7 Å². The Bertz CT molecular complexity index is 1180. The van der Waals surface area contributed by atoms with Gasteiger partial charge in [0.05, 0.1) is 15.6 Å². The van der Waals surface area contributed by atoms with Crippen LogP contribution in [0.15, 0.2) is 76.1 Å². The van der Waals surface area contributed by atoms with Gasteiger partial charge in [0.25, 0.3) is 15.9 Å². The lowest BCUT2D eigenvalue weighted by molar-refractivity contribution is -0.118. The third kappa shape index (κ3) is 5.71. The lowest BCUT2D eigenvalue weighted by Gasteiger charge is -2.12. The zero-order valence-corrected chi connectivity index (χ0v) is 18.4. The highest BCUT2D eigenvalue weighted by Gasteiger charge is 2.17. The topological polar surface area (TPSA) is 84.5 Å². The minimum absolute atomic E-state index is 0.00586. The first kappa shape index (κ1) is 22.1. The first-order chi connectivity index (χ1) is 14.2. The number of sulfonamides is 1. The Kier molecular flexibility index (Phi) is 6.96. The predicted octanol–water partition coefficient (Wildman–Crippen LogP) is 5.06. The number of para-hydroxylation sites is 1. The van der Waals surface area contributed by atoms with Crippen LogP contribution in [0.5, 0.6) is 5.75 Å². The number of nitrogens with one attached hydrogen (secondary N) is 2. The predicted molar refractivity (Wildman–Crippen MR) is 117 cm³/mol. The molecule has 0 radical (unpaired) electrons. The number of halogens is 3. The molecule has 0 heterocycles. The van der Waals surface area contributed by atoms with E-state index in [0.717, 1.165) is 0 Å². The van der Waals surface area contributed by atoms with Crippen molar-refractivity contribution in [1.82, 2.24) is 0 Å². The highest BCUT2D eigenvalue weighted by molar-refractivity contribution is 9.10. The number of carbonyl (C=O) groups is 1. The molecular weight excluding hydrogens is 499 g/mol. The van der Waals surface area contributed by atoms with Crippen molar-refractivity contribution in [1.29, 1.82) is 0 Å². The molecule has 10 heteroatoms. The average molecular weight is 514 g/mol. The monoisotopic (exact) mass is 512 g/mol. The minimum Gasteiger partial charge on any atom is -0.482 e. The highest BCUT2D eigenvalue weighted by atomic mass is 79.9. The second-order valence-electron chi connectivity index (χ2n) is 6.02. The van der Waals surface area contributed by atoms with E-state index in [-0.39, 0.29) is 21.4 Å². The van der Waals surface area contributed by atoms with Crippen molar-refractivity contribution >= 4 is 54.8 Å². The number of rotatable bonds is 7. The summed E-state index contributed by atoms with van der Waals surface area (Å²) in [6, 6.07) is 16.5. The van der Waals surface area contributed by atoms with Gasteiger partial charge in [-0.25, -0.2) is 12.8 Å². The fraction of sp³-hybridized carbons (Fsp3) is 0.0500. The Morgan fingerprint density at radius 3 is 2.47 bits per heavy atom. The summed E-state index contributed by atoms with van der Waals surface area (Å²) in [6.07, 6.45) is 0. The highest BCUT2D eigenvalue weighted by Crippen LogP contribution is 2.28. The van der Waals surface area contributed by atoms with Gasteiger partial charge in [0, 0.05) is 10.2 Å². The molecule has 0 spiro atoms. The smallest absolute Gasteiger partial charge is 0.262 e. The average Bonchev–Trinajstić information content (AvgIpc) is 2.69. The normalized spacial score (nSPS) is 11.0. The number of anilines is 2. The number of amides is 1. The Hall–Kier alpha value is -2.62. The molecule has 0 aromatic heterocycles. The standard InChI is InChI=1S/C20H15BrClFN2O4S/c21-13-6-8-18(17(23)10-13)24-20(26)12-29-19-9-7-15(11-16(19)22)30(27,28)25-14-4-2-1-3-5-14/h1-11,25H,12H2,(H,24,26). The van der Waals surface area contributed by atoms with E-state index in [2.05, 4.69) is 26.0 Å². The molecule has 30 heavy (non-hydrogen) atoms. The summed E-state index contributed by atoms with van der Waals surface area (Å²) in [5, 5.41) is 2.39. The fourth-order valence-corrected chi connectivity index (χ4v) is 4.12. The third-order valence-electron chi connectivity index (χ3n) is 3.80. The number of carbonyl (C=O) groups excluding carboxylic acids is 1. The number of benzene rings is 3. The third-order valence-corrected chi connectivity index (χ3v) is 5.97. The van der Waals surface area contributed by atoms with E-state index in [0.29, 0.717) is 10.2 Å². The van der Waals surface area contributed by atoms with E-state index in [4.69, 9.17) is 16.3 Å². The molecule has 0 aliphatic rings. The van der Waals surface area contributed by atoms with E-state index in [9.17, 15) is 17.6 Å². The zero-order chi connectivity index (χ0) is 21.7. The number of hydrogen-bond acceptors (Lipinski definition) is 4. The van der Waals surface area contributed by atoms with Crippen LogP contribution in [0.2, 0.25) is 5.02 Å². The largest absolute Gasteiger partial charge is 0.482 e. The quantitative estimate of drug-likeness (QED) is 0.462. The van der Waals surface area contributed by atoms with Crippen LogP contribution in [0.3, 0.4) is 0 Å². The molecule has 3 aromatic rings. The Balaban J connectivity index is 1.64. The van der Waals surface area contributed by atoms with Crippen LogP contribution < -0.4 is 14.8 Å². The second kappa shape index (κ2) is 9.46. The van der Waals surface area contributed by atoms with Crippen molar-refractivity contribution in [2.45, 2.75) is 4.90 Å². The first-order valence-corrected chi connectivity index (χ1v) is 11.1. The summed E-state index contributed by atoms with van der Waals surface area (Å²) in [5.74, 6) is -1.09. The molecular formula is C20H15BrClFN2O4S. The van der Waals surface area contributed by atoms with Gasteiger partial charge >= 0.3 is 0 Å². The molecule has 0 aliphatic carbocycles. The molecule has 0 bridgehead atoms. The maximum absolute atomic E-state index is 13.8. The maximum Gasteiger partial charge on any atom is 0.262 e.